The van der Waals surface area contributed by atoms with Gasteiger partial charge in [-0.3, -0.25) is 4.79 Å². The van der Waals surface area contributed by atoms with Gasteiger partial charge < -0.3 is 15.5 Å². The largest absolute Gasteiger partial charge is 0.356 e. The summed E-state index contributed by atoms with van der Waals surface area (Å²) in [7, 11) is 3.54. The summed E-state index contributed by atoms with van der Waals surface area (Å²) >= 11 is 1.87. The molecular weight excluding hydrogens is 497 g/mol. The molecule has 0 radical (unpaired) electrons. The molecule has 1 aromatic heterocycles. The Morgan fingerprint density at radius 2 is 1.97 bits per heavy atom. The van der Waals surface area contributed by atoms with Crippen LogP contribution in [0.1, 0.15) is 61.0 Å². The lowest BCUT2D eigenvalue weighted by Gasteiger charge is -2.31. The van der Waals surface area contributed by atoms with Crippen LogP contribution in [0.3, 0.4) is 0 Å². The third-order valence-electron chi connectivity index (χ3n) is 5.83. The summed E-state index contributed by atoms with van der Waals surface area (Å²) in [5.74, 6) is 1.41. The van der Waals surface area contributed by atoms with Crippen LogP contribution in [0.25, 0.3) is 0 Å². The van der Waals surface area contributed by atoms with Crippen LogP contribution < -0.4 is 10.6 Å². The Morgan fingerprint density at radius 1 is 1.21 bits per heavy atom. The van der Waals surface area contributed by atoms with Crippen LogP contribution in [0, 0.1) is 5.92 Å². The number of carbonyl (C=O) groups excluding carboxylic acids is 1. The van der Waals surface area contributed by atoms with E-state index in [1.165, 1.54) is 60.5 Å². The summed E-state index contributed by atoms with van der Waals surface area (Å²) in [6.07, 6.45) is 10.8. The van der Waals surface area contributed by atoms with Crippen LogP contribution >= 0.6 is 35.3 Å². The monoisotopic (exact) mass is 533 g/mol. The average Bonchev–Trinajstić information content (AvgIpc) is 3.10. The minimum Gasteiger partial charge on any atom is -0.356 e. The molecule has 0 spiro atoms. The zero-order valence-electron chi connectivity index (χ0n) is 18.0. The molecule has 0 bridgehead atoms. The first-order chi connectivity index (χ1) is 13.5. The minimum atomic E-state index is 0. The van der Waals surface area contributed by atoms with E-state index in [0.717, 1.165) is 25.3 Å². The molecule has 1 saturated carbocycles. The Labute approximate surface area is 196 Å². The van der Waals surface area contributed by atoms with Crippen molar-refractivity contribution >= 4 is 47.2 Å². The molecule has 29 heavy (non-hydrogen) atoms. The van der Waals surface area contributed by atoms with E-state index >= 15 is 0 Å². The molecular formula is C21H36IN5OS. The van der Waals surface area contributed by atoms with Crippen LogP contribution in [-0.2, 0) is 24.1 Å². The van der Waals surface area contributed by atoms with E-state index in [-0.39, 0.29) is 36.4 Å². The molecule has 1 heterocycles. The van der Waals surface area contributed by atoms with Crippen LogP contribution in [0.2, 0.25) is 0 Å². The highest BCUT2D eigenvalue weighted by Crippen LogP contribution is 2.27. The third-order valence-corrected chi connectivity index (χ3v) is 7.04. The van der Waals surface area contributed by atoms with Crippen molar-refractivity contribution in [1.82, 2.24) is 20.5 Å². The summed E-state index contributed by atoms with van der Waals surface area (Å²) in [5, 5.41) is 8.25. The smallest absolute Gasteiger partial charge is 0.243 e. The molecule has 164 valence electrons. The first-order valence-corrected chi connectivity index (χ1v) is 11.6. The number of amides is 1. The van der Waals surface area contributed by atoms with Crippen molar-refractivity contribution in [2.45, 2.75) is 70.8 Å². The van der Waals surface area contributed by atoms with Gasteiger partial charge in [0.1, 0.15) is 6.54 Å². The van der Waals surface area contributed by atoms with E-state index in [0.29, 0.717) is 12.0 Å². The average molecular weight is 534 g/mol. The predicted octanol–water partition coefficient (Wildman–Crippen LogP) is 3.38. The van der Waals surface area contributed by atoms with Crippen LogP contribution in [0.15, 0.2) is 4.99 Å². The van der Waals surface area contributed by atoms with Crippen LogP contribution in [0.5, 0.6) is 0 Å². The molecule has 3 rings (SSSR count). The number of nitrogens with one attached hydrogen (secondary N) is 2. The van der Waals surface area contributed by atoms with E-state index in [1.54, 1.807) is 19.0 Å². The summed E-state index contributed by atoms with van der Waals surface area (Å²) in [6, 6.07) is 0.432. The van der Waals surface area contributed by atoms with Crippen molar-refractivity contribution in [2.24, 2.45) is 10.9 Å². The molecule has 2 aliphatic carbocycles. The Hall–Kier alpha value is -0.900. The van der Waals surface area contributed by atoms with Gasteiger partial charge in [-0.1, -0.05) is 19.8 Å². The highest BCUT2D eigenvalue weighted by atomic mass is 127. The maximum absolute atomic E-state index is 12.0. The Morgan fingerprint density at radius 3 is 2.69 bits per heavy atom. The van der Waals surface area contributed by atoms with Gasteiger partial charge in [-0.2, -0.15) is 0 Å². The second kappa shape index (κ2) is 12.1. The number of hydrogen-bond donors (Lipinski definition) is 2. The van der Waals surface area contributed by atoms with E-state index in [2.05, 4.69) is 22.5 Å². The SMILES string of the molecule is CC1CCCCC1NC(=NCC(=O)N(C)C)NCCc1nc2c(s1)CCCC2.I. The molecule has 6 nitrogen and oxygen atoms in total. The maximum Gasteiger partial charge on any atom is 0.243 e. The van der Waals surface area contributed by atoms with Gasteiger partial charge in [-0.15, -0.1) is 35.3 Å². The molecule has 2 atom stereocenters. The number of thiazole rings is 1. The molecule has 0 aliphatic heterocycles. The fourth-order valence-corrected chi connectivity index (χ4v) is 5.10. The summed E-state index contributed by atoms with van der Waals surface area (Å²) < 4.78 is 0. The number of rotatable bonds is 6. The summed E-state index contributed by atoms with van der Waals surface area (Å²) in [6.45, 7) is 3.27. The van der Waals surface area contributed by atoms with Gasteiger partial charge in [0.05, 0.1) is 10.7 Å². The van der Waals surface area contributed by atoms with E-state index in [9.17, 15) is 4.79 Å². The van der Waals surface area contributed by atoms with Gasteiger partial charge in [0.25, 0.3) is 0 Å². The Balaban J connectivity index is 0.00000300. The topological polar surface area (TPSA) is 69.6 Å². The number of carbonyl (C=O) groups is 1. The summed E-state index contributed by atoms with van der Waals surface area (Å²) in [5.41, 5.74) is 1.32. The standard InChI is InChI=1S/C21H35N5OS.HI/c1-15-8-4-5-9-16(15)25-21(23-14-20(27)26(2)3)22-13-12-19-24-17-10-6-7-11-18(17)28-19;/h15-16H,4-14H2,1-3H3,(H2,22,23,25);1H. The molecule has 1 amide bonds. The van der Waals surface area contributed by atoms with Crippen molar-refractivity contribution < 1.29 is 4.79 Å². The lowest BCUT2D eigenvalue weighted by atomic mass is 9.86. The molecule has 0 aromatic carbocycles. The molecule has 1 fully saturated rings. The molecule has 0 saturated heterocycles. The van der Waals surface area contributed by atoms with Crippen LogP contribution in [0.4, 0.5) is 0 Å². The number of aryl methyl sites for hydroxylation is 2. The van der Waals surface area contributed by atoms with E-state index < -0.39 is 0 Å². The van der Waals surface area contributed by atoms with Gasteiger partial charge in [0.2, 0.25) is 5.91 Å². The van der Waals surface area contributed by atoms with E-state index in [4.69, 9.17) is 4.98 Å². The summed E-state index contributed by atoms with van der Waals surface area (Å²) in [4.78, 5) is 24.4. The quantitative estimate of drug-likeness (QED) is 0.334. The maximum atomic E-state index is 12.0. The molecule has 8 heteroatoms. The zero-order valence-corrected chi connectivity index (χ0v) is 21.1. The van der Waals surface area contributed by atoms with Gasteiger partial charge in [0, 0.05) is 38.0 Å². The number of hydrogen-bond acceptors (Lipinski definition) is 4. The number of nitrogens with zero attached hydrogens (tertiary/aromatic N) is 3. The number of likely N-dealkylation sites (N-methyl/N-ethyl adjacent to an activating group) is 1. The Bertz CT molecular complexity index is 667. The zero-order chi connectivity index (χ0) is 19.9. The molecule has 2 N–H and O–H groups in total. The number of guanidine groups is 1. The molecule has 2 aliphatic rings. The third kappa shape index (κ3) is 7.38. The number of halogens is 1. The van der Waals surface area contributed by atoms with Crippen molar-refractivity contribution in [3.05, 3.63) is 15.6 Å². The highest BCUT2D eigenvalue weighted by molar-refractivity contribution is 14.0. The second-order valence-corrected chi connectivity index (χ2v) is 9.50. The lowest BCUT2D eigenvalue weighted by Crippen LogP contribution is -2.48. The lowest BCUT2D eigenvalue weighted by molar-refractivity contribution is -0.127. The number of aromatic nitrogens is 1. The normalized spacial score (nSPS) is 21.7. The van der Waals surface area contributed by atoms with Crippen molar-refractivity contribution in [2.75, 3.05) is 27.2 Å². The van der Waals surface area contributed by atoms with Crippen molar-refractivity contribution in [3.8, 4) is 0 Å². The van der Waals surface area contributed by atoms with Gasteiger partial charge >= 0.3 is 0 Å². The second-order valence-electron chi connectivity index (χ2n) is 8.33. The number of fused-ring (bicyclic) bond motifs is 1. The van der Waals surface area contributed by atoms with Crippen LogP contribution in [-0.4, -0.2) is 55.0 Å². The first kappa shape index (κ1) is 24.4. The van der Waals surface area contributed by atoms with Crippen molar-refractivity contribution in [3.63, 3.8) is 0 Å². The van der Waals surface area contributed by atoms with Gasteiger partial charge in [-0.25, -0.2) is 9.98 Å². The predicted molar refractivity (Wildman–Crippen MR) is 131 cm³/mol. The molecule has 1 aromatic rings. The van der Waals surface area contributed by atoms with Gasteiger partial charge in [0.15, 0.2) is 5.96 Å². The van der Waals surface area contributed by atoms with Gasteiger partial charge in [-0.05, 0) is 44.4 Å². The number of aliphatic imine (C=N–C) groups is 1. The van der Waals surface area contributed by atoms with E-state index in [1.807, 2.05) is 11.3 Å². The first-order valence-electron chi connectivity index (χ1n) is 10.8. The Kier molecular flexibility index (Phi) is 10.1. The molecule has 2 unspecified atom stereocenters. The fourth-order valence-electron chi connectivity index (χ4n) is 3.95. The minimum absolute atomic E-state index is 0. The fraction of sp³-hybridized carbons (Fsp3) is 0.762. The van der Waals surface area contributed by atoms with Crippen molar-refractivity contribution in [1.29, 1.82) is 0 Å². The highest BCUT2D eigenvalue weighted by Gasteiger charge is 2.22.